The second kappa shape index (κ2) is 10.3. The highest BCUT2D eigenvalue weighted by atomic mass is 16.5. The maximum absolute atomic E-state index is 12.3. The number of nitrogens with two attached hydrogens (primary N) is 1. The Balaban J connectivity index is 2.02. The summed E-state index contributed by atoms with van der Waals surface area (Å²) in [6, 6.07) is 3.33. The summed E-state index contributed by atoms with van der Waals surface area (Å²) in [5, 5.41) is 14.8. The first-order valence-corrected chi connectivity index (χ1v) is 9.38. The van der Waals surface area contributed by atoms with Gasteiger partial charge < -0.3 is 30.6 Å². The number of benzene rings is 1. The van der Waals surface area contributed by atoms with Crippen LogP contribution in [0.1, 0.15) is 30.4 Å². The third kappa shape index (κ3) is 5.97. The summed E-state index contributed by atoms with van der Waals surface area (Å²) in [5.74, 6) is -1.13. The Hall–Kier alpha value is -3.56. The van der Waals surface area contributed by atoms with Crippen LogP contribution in [0.15, 0.2) is 27.4 Å². The van der Waals surface area contributed by atoms with Crippen LogP contribution in [0.25, 0.3) is 11.0 Å². The van der Waals surface area contributed by atoms with E-state index < -0.39 is 29.6 Å². The largest absolute Gasteiger partial charge is 0.497 e. The minimum Gasteiger partial charge on any atom is -0.497 e. The van der Waals surface area contributed by atoms with Gasteiger partial charge in [-0.15, -0.1) is 0 Å². The molecule has 3 amide bonds. The second-order valence-electron chi connectivity index (χ2n) is 6.75. The third-order valence-electron chi connectivity index (χ3n) is 4.70. The molecule has 2 rings (SSSR count). The molecule has 162 valence electrons. The van der Waals surface area contributed by atoms with Crippen molar-refractivity contribution in [3.63, 3.8) is 0 Å². The zero-order valence-corrected chi connectivity index (χ0v) is 16.8. The van der Waals surface area contributed by atoms with Crippen molar-refractivity contribution in [1.29, 1.82) is 0 Å². The molecule has 5 N–H and O–H groups in total. The number of amides is 3. The Morgan fingerprint density at radius 3 is 2.67 bits per heavy atom. The lowest BCUT2D eigenvalue weighted by atomic mass is 10.0. The molecule has 10 nitrogen and oxygen atoms in total. The molecule has 0 aliphatic heterocycles. The topological polar surface area (TPSA) is 161 Å². The molecule has 1 aromatic carbocycles. The van der Waals surface area contributed by atoms with Crippen molar-refractivity contribution < 1.29 is 28.6 Å². The molecule has 0 saturated carbocycles. The van der Waals surface area contributed by atoms with Crippen LogP contribution < -0.4 is 26.7 Å². The van der Waals surface area contributed by atoms with Gasteiger partial charge in [0.2, 0.25) is 5.91 Å². The lowest BCUT2D eigenvalue weighted by Gasteiger charge is -2.15. The molecule has 0 spiro atoms. The minimum atomic E-state index is -1.18. The number of carboxylic acid groups (broad SMARTS) is 1. The fraction of sp³-hybridized carbons (Fsp3) is 0.400. The number of carbonyl (C=O) groups excluding carboxylic acids is 2. The number of fused-ring (bicyclic) bond motifs is 1. The first-order chi connectivity index (χ1) is 14.2. The number of rotatable bonds is 10. The SMILES string of the molecule is COc1ccc2c(C)c(CCC(=O)NC(CCCNC(N)=O)C(=O)O)c(=O)oc2c1. The minimum absolute atomic E-state index is 0.0728. The Morgan fingerprint density at radius 1 is 1.30 bits per heavy atom. The summed E-state index contributed by atoms with van der Waals surface area (Å²) in [4.78, 5) is 46.5. The number of hydrogen-bond acceptors (Lipinski definition) is 6. The van der Waals surface area contributed by atoms with Crippen LogP contribution in [0.4, 0.5) is 4.79 Å². The van der Waals surface area contributed by atoms with Gasteiger partial charge in [0, 0.05) is 30.0 Å². The van der Waals surface area contributed by atoms with E-state index in [0.29, 0.717) is 28.9 Å². The van der Waals surface area contributed by atoms with E-state index >= 15 is 0 Å². The standard InChI is InChI=1S/C20H25N3O7/c1-11-13-6-5-12(29-2)10-16(13)30-19(27)14(11)7-8-17(24)23-15(18(25)26)4-3-9-22-20(21)28/h5-6,10,15H,3-4,7-9H2,1-2H3,(H,23,24)(H,25,26)(H3,21,22,28). The molecular weight excluding hydrogens is 394 g/mol. The Bertz CT molecular complexity index is 1000. The summed E-state index contributed by atoms with van der Waals surface area (Å²) >= 11 is 0. The van der Waals surface area contributed by atoms with Crippen LogP contribution in [0.5, 0.6) is 5.75 Å². The summed E-state index contributed by atoms with van der Waals surface area (Å²) < 4.78 is 10.5. The van der Waals surface area contributed by atoms with Gasteiger partial charge in [-0.05, 0) is 43.9 Å². The molecule has 0 aliphatic rings. The van der Waals surface area contributed by atoms with E-state index in [0.717, 1.165) is 5.39 Å². The van der Waals surface area contributed by atoms with Crippen LogP contribution in [0, 0.1) is 6.92 Å². The molecule has 10 heteroatoms. The molecular formula is C20H25N3O7. The monoisotopic (exact) mass is 419 g/mol. The van der Waals surface area contributed by atoms with E-state index in [2.05, 4.69) is 10.6 Å². The molecule has 0 aliphatic carbocycles. The molecule has 2 aromatic rings. The first-order valence-electron chi connectivity index (χ1n) is 9.38. The molecule has 0 radical (unpaired) electrons. The number of urea groups is 1. The van der Waals surface area contributed by atoms with E-state index in [1.165, 1.54) is 7.11 Å². The van der Waals surface area contributed by atoms with E-state index in [-0.39, 0.29) is 25.8 Å². The Labute approximate surface area is 172 Å². The summed E-state index contributed by atoms with van der Waals surface area (Å²) in [6.45, 7) is 1.97. The summed E-state index contributed by atoms with van der Waals surface area (Å²) in [6.07, 6.45) is 0.492. The lowest BCUT2D eigenvalue weighted by molar-refractivity contribution is -0.142. The number of methoxy groups -OCH3 is 1. The highest BCUT2D eigenvalue weighted by Crippen LogP contribution is 2.24. The zero-order chi connectivity index (χ0) is 22.3. The molecule has 0 bridgehead atoms. The van der Waals surface area contributed by atoms with Crippen molar-refractivity contribution in [2.24, 2.45) is 5.73 Å². The summed E-state index contributed by atoms with van der Waals surface area (Å²) in [7, 11) is 1.51. The molecule has 0 fully saturated rings. The normalized spacial score (nSPS) is 11.7. The molecule has 1 unspecified atom stereocenters. The average molecular weight is 419 g/mol. The van der Waals surface area contributed by atoms with Crippen LogP contribution in [-0.4, -0.2) is 42.7 Å². The van der Waals surface area contributed by atoms with Gasteiger partial charge >= 0.3 is 17.6 Å². The fourth-order valence-corrected chi connectivity index (χ4v) is 3.07. The highest BCUT2D eigenvalue weighted by molar-refractivity contribution is 5.84. The maximum Gasteiger partial charge on any atom is 0.339 e. The quantitative estimate of drug-likeness (QED) is 0.331. The van der Waals surface area contributed by atoms with Crippen molar-refractivity contribution in [2.45, 2.75) is 38.6 Å². The van der Waals surface area contributed by atoms with Crippen LogP contribution in [0.2, 0.25) is 0 Å². The number of aryl methyl sites for hydroxylation is 1. The van der Waals surface area contributed by atoms with Gasteiger partial charge in [-0.25, -0.2) is 14.4 Å². The molecule has 0 saturated heterocycles. The van der Waals surface area contributed by atoms with Crippen molar-refractivity contribution in [3.8, 4) is 5.75 Å². The van der Waals surface area contributed by atoms with Gasteiger partial charge in [0.05, 0.1) is 7.11 Å². The van der Waals surface area contributed by atoms with Gasteiger partial charge in [-0.3, -0.25) is 4.79 Å². The van der Waals surface area contributed by atoms with Gasteiger partial charge in [0.1, 0.15) is 17.4 Å². The van der Waals surface area contributed by atoms with Crippen molar-refractivity contribution in [2.75, 3.05) is 13.7 Å². The van der Waals surface area contributed by atoms with Crippen LogP contribution in [0.3, 0.4) is 0 Å². The third-order valence-corrected chi connectivity index (χ3v) is 4.70. The van der Waals surface area contributed by atoms with E-state index in [1.54, 1.807) is 25.1 Å². The number of ether oxygens (including phenoxy) is 1. The lowest BCUT2D eigenvalue weighted by Crippen LogP contribution is -2.41. The highest BCUT2D eigenvalue weighted by Gasteiger charge is 2.20. The Kier molecular flexibility index (Phi) is 7.79. The number of hydrogen-bond donors (Lipinski definition) is 4. The zero-order valence-electron chi connectivity index (χ0n) is 16.8. The van der Waals surface area contributed by atoms with Gasteiger partial charge in [0.25, 0.3) is 0 Å². The predicted molar refractivity (Wildman–Crippen MR) is 108 cm³/mol. The Morgan fingerprint density at radius 2 is 2.03 bits per heavy atom. The number of carboxylic acids is 1. The van der Waals surface area contributed by atoms with E-state index in [1.807, 2.05) is 0 Å². The van der Waals surface area contributed by atoms with E-state index in [4.69, 9.17) is 14.9 Å². The maximum atomic E-state index is 12.3. The number of primary amides is 1. The average Bonchev–Trinajstić information content (AvgIpc) is 2.69. The molecule has 1 aromatic heterocycles. The summed E-state index contributed by atoms with van der Waals surface area (Å²) in [5.41, 5.74) is 5.84. The first kappa shape index (κ1) is 22.7. The second-order valence-corrected chi connectivity index (χ2v) is 6.75. The molecule has 30 heavy (non-hydrogen) atoms. The number of carbonyl (C=O) groups is 3. The van der Waals surface area contributed by atoms with Crippen LogP contribution >= 0.6 is 0 Å². The van der Waals surface area contributed by atoms with Crippen molar-refractivity contribution in [1.82, 2.24) is 10.6 Å². The fourth-order valence-electron chi connectivity index (χ4n) is 3.07. The number of nitrogens with one attached hydrogen (secondary N) is 2. The van der Waals surface area contributed by atoms with Crippen LogP contribution in [-0.2, 0) is 16.0 Å². The van der Waals surface area contributed by atoms with Gasteiger partial charge in [0.15, 0.2) is 0 Å². The van der Waals surface area contributed by atoms with Crippen molar-refractivity contribution >= 4 is 28.9 Å². The predicted octanol–water partition coefficient (Wildman–Crippen LogP) is 1.06. The van der Waals surface area contributed by atoms with E-state index in [9.17, 15) is 24.3 Å². The number of aliphatic carboxylic acids is 1. The van der Waals surface area contributed by atoms with Gasteiger partial charge in [-0.1, -0.05) is 0 Å². The molecule has 1 atom stereocenters. The van der Waals surface area contributed by atoms with Crippen molar-refractivity contribution in [3.05, 3.63) is 39.7 Å². The smallest absolute Gasteiger partial charge is 0.339 e. The molecule has 1 heterocycles. The van der Waals surface area contributed by atoms with Gasteiger partial charge in [-0.2, -0.15) is 0 Å².